The van der Waals surface area contributed by atoms with Crippen molar-refractivity contribution in [2.45, 2.75) is 19.5 Å². The molecule has 8 nitrogen and oxygen atoms in total. The Morgan fingerprint density at radius 3 is 2.89 bits per heavy atom. The predicted molar refractivity (Wildman–Crippen MR) is 104 cm³/mol. The summed E-state index contributed by atoms with van der Waals surface area (Å²) < 4.78 is 8.53. The first-order valence-corrected chi connectivity index (χ1v) is 9.22. The molecule has 0 radical (unpaired) electrons. The summed E-state index contributed by atoms with van der Waals surface area (Å²) in [7, 11) is 3.62. The summed E-state index contributed by atoms with van der Waals surface area (Å²) in [6.07, 6.45) is 4.63. The van der Waals surface area contributed by atoms with E-state index in [-0.39, 0.29) is 5.76 Å². The van der Waals surface area contributed by atoms with Gasteiger partial charge in [0.15, 0.2) is 5.58 Å². The van der Waals surface area contributed by atoms with Crippen molar-refractivity contribution in [1.82, 2.24) is 29.4 Å². The molecule has 4 heterocycles. The third-order valence-electron chi connectivity index (χ3n) is 5.28. The number of aryl methyl sites for hydroxylation is 2. The number of oxazole rings is 1. The molecule has 0 bridgehead atoms. The zero-order chi connectivity index (χ0) is 19.3. The van der Waals surface area contributed by atoms with Crippen molar-refractivity contribution in [1.29, 1.82) is 0 Å². The first-order chi connectivity index (χ1) is 13.6. The lowest BCUT2D eigenvalue weighted by molar-refractivity contribution is 0.243. The van der Waals surface area contributed by atoms with Crippen molar-refractivity contribution >= 4 is 11.1 Å². The third-order valence-corrected chi connectivity index (χ3v) is 5.28. The van der Waals surface area contributed by atoms with Crippen LogP contribution < -0.4 is 5.76 Å². The van der Waals surface area contributed by atoms with Gasteiger partial charge in [-0.3, -0.25) is 14.1 Å². The fourth-order valence-electron chi connectivity index (χ4n) is 3.75. The summed E-state index contributed by atoms with van der Waals surface area (Å²) in [5, 5.41) is 13.0. The summed E-state index contributed by atoms with van der Waals surface area (Å²) in [4.78, 5) is 14.1. The van der Waals surface area contributed by atoms with Gasteiger partial charge in [0.2, 0.25) is 0 Å². The van der Waals surface area contributed by atoms with Crippen molar-refractivity contribution in [3.63, 3.8) is 0 Å². The van der Waals surface area contributed by atoms with Crippen LogP contribution in [0.5, 0.6) is 0 Å². The molecule has 0 spiro atoms. The maximum absolute atomic E-state index is 11.7. The number of aromatic nitrogens is 5. The average molecular weight is 376 g/mol. The fourth-order valence-corrected chi connectivity index (χ4v) is 3.75. The Kier molecular flexibility index (Phi) is 3.87. The van der Waals surface area contributed by atoms with Crippen LogP contribution in [-0.2, 0) is 33.6 Å². The molecule has 0 N–H and O–H groups in total. The van der Waals surface area contributed by atoms with Gasteiger partial charge in [-0.15, -0.1) is 0 Å². The van der Waals surface area contributed by atoms with E-state index in [0.717, 1.165) is 54.1 Å². The number of hydrogen-bond acceptors (Lipinski definition) is 6. The van der Waals surface area contributed by atoms with Crippen LogP contribution in [0.15, 0.2) is 45.9 Å². The molecule has 5 rings (SSSR count). The second-order valence-corrected chi connectivity index (χ2v) is 7.29. The van der Waals surface area contributed by atoms with Gasteiger partial charge in [-0.1, -0.05) is 6.07 Å². The lowest BCUT2D eigenvalue weighted by Gasteiger charge is -2.28. The van der Waals surface area contributed by atoms with E-state index in [9.17, 15) is 4.79 Å². The Hall–Kier alpha value is -3.26. The number of benzene rings is 1. The molecule has 0 unspecified atom stereocenters. The maximum Gasteiger partial charge on any atom is 0.419 e. The second kappa shape index (κ2) is 6.42. The molecule has 0 saturated heterocycles. The standard InChI is InChI=1S/C20H20N6O2/c1-24-11-15(9-21-24)17-8-14-12-26(6-5-16(14)22-23-17)10-13-3-4-19-18(7-13)25(2)20(27)28-19/h3-4,7-9,11H,5-6,10,12H2,1-2H3. The van der Waals surface area contributed by atoms with E-state index in [4.69, 9.17) is 4.42 Å². The van der Waals surface area contributed by atoms with Gasteiger partial charge in [0, 0.05) is 51.9 Å². The van der Waals surface area contributed by atoms with Gasteiger partial charge in [0.05, 0.1) is 23.1 Å². The van der Waals surface area contributed by atoms with E-state index in [1.807, 2.05) is 31.4 Å². The molecule has 142 valence electrons. The van der Waals surface area contributed by atoms with E-state index in [0.29, 0.717) is 5.58 Å². The van der Waals surface area contributed by atoms with Gasteiger partial charge < -0.3 is 4.42 Å². The van der Waals surface area contributed by atoms with Crippen LogP contribution in [0.2, 0.25) is 0 Å². The molecule has 0 amide bonds. The summed E-state index contributed by atoms with van der Waals surface area (Å²) in [5.74, 6) is -0.333. The van der Waals surface area contributed by atoms with Gasteiger partial charge in [-0.05, 0) is 29.3 Å². The Balaban J connectivity index is 1.39. The van der Waals surface area contributed by atoms with E-state index in [2.05, 4.69) is 26.3 Å². The molecule has 1 aliphatic rings. The smallest absolute Gasteiger partial charge is 0.408 e. The molecule has 1 aromatic carbocycles. The fraction of sp³-hybridized carbons (Fsp3) is 0.300. The number of nitrogens with zero attached hydrogens (tertiary/aromatic N) is 6. The van der Waals surface area contributed by atoms with E-state index in [1.54, 1.807) is 22.5 Å². The summed E-state index contributed by atoms with van der Waals surface area (Å²) in [6, 6.07) is 8.04. The molecule has 0 fully saturated rings. The monoisotopic (exact) mass is 376 g/mol. The minimum absolute atomic E-state index is 0.333. The summed E-state index contributed by atoms with van der Waals surface area (Å²) >= 11 is 0. The van der Waals surface area contributed by atoms with Crippen LogP contribution in [0, 0.1) is 0 Å². The van der Waals surface area contributed by atoms with Gasteiger partial charge in [-0.25, -0.2) is 4.79 Å². The highest BCUT2D eigenvalue weighted by Gasteiger charge is 2.20. The van der Waals surface area contributed by atoms with Crippen LogP contribution >= 0.6 is 0 Å². The van der Waals surface area contributed by atoms with E-state index in [1.165, 1.54) is 5.56 Å². The molecule has 8 heteroatoms. The topological polar surface area (TPSA) is 82.0 Å². The van der Waals surface area contributed by atoms with Crippen LogP contribution in [0.25, 0.3) is 22.4 Å². The highest BCUT2D eigenvalue weighted by Crippen LogP contribution is 2.24. The van der Waals surface area contributed by atoms with Gasteiger partial charge in [-0.2, -0.15) is 15.3 Å². The zero-order valence-corrected chi connectivity index (χ0v) is 15.8. The molecule has 28 heavy (non-hydrogen) atoms. The second-order valence-electron chi connectivity index (χ2n) is 7.29. The Bertz CT molecular complexity index is 1240. The Morgan fingerprint density at radius 2 is 2.07 bits per heavy atom. The van der Waals surface area contributed by atoms with Crippen LogP contribution in [0.1, 0.15) is 16.8 Å². The molecule has 3 aromatic heterocycles. The van der Waals surface area contributed by atoms with Crippen LogP contribution in [0.4, 0.5) is 0 Å². The summed E-state index contributed by atoms with van der Waals surface area (Å²) in [6.45, 7) is 2.55. The van der Waals surface area contributed by atoms with Crippen molar-refractivity contribution in [3.05, 3.63) is 64.0 Å². The molecule has 0 atom stereocenters. The third kappa shape index (κ3) is 2.91. The van der Waals surface area contributed by atoms with Crippen molar-refractivity contribution in [2.24, 2.45) is 14.1 Å². The van der Waals surface area contributed by atoms with Crippen molar-refractivity contribution in [3.8, 4) is 11.3 Å². The molecular weight excluding hydrogens is 356 g/mol. The number of fused-ring (bicyclic) bond motifs is 2. The van der Waals surface area contributed by atoms with Crippen molar-refractivity contribution in [2.75, 3.05) is 6.54 Å². The lowest BCUT2D eigenvalue weighted by Crippen LogP contribution is -2.31. The highest BCUT2D eigenvalue weighted by atomic mass is 16.4. The quantitative estimate of drug-likeness (QED) is 0.543. The molecule has 0 aliphatic carbocycles. The number of rotatable bonds is 3. The van der Waals surface area contributed by atoms with Gasteiger partial charge in [0.25, 0.3) is 0 Å². The van der Waals surface area contributed by atoms with Crippen LogP contribution in [0.3, 0.4) is 0 Å². The van der Waals surface area contributed by atoms with Gasteiger partial charge >= 0.3 is 5.76 Å². The number of hydrogen-bond donors (Lipinski definition) is 0. The average Bonchev–Trinajstić information content (AvgIpc) is 3.25. The minimum Gasteiger partial charge on any atom is -0.408 e. The molecule has 1 aliphatic heterocycles. The zero-order valence-electron chi connectivity index (χ0n) is 15.8. The SMILES string of the molecule is Cn1cc(-c2cc3c(nn2)CCN(Cc2ccc4oc(=O)n(C)c4c2)C3)cn1. The van der Waals surface area contributed by atoms with Crippen LogP contribution in [-0.4, -0.2) is 36.0 Å². The Labute approximate surface area is 161 Å². The van der Waals surface area contributed by atoms with Gasteiger partial charge in [0.1, 0.15) is 0 Å². The maximum atomic E-state index is 11.7. The van der Waals surface area contributed by atoms with E-state index >= 15 is 0 Å². The molecule has 4 aromatic rings. The molecule has 0 saturated carbocycles. The highest BCUT2D eigenvalue weighted by molar-refractivity contribution is 5.73. The van der Waals surface area contributed by atoms with E-state index < -0.39 is 0 Å². The summed E-state index contributed by atoms with van der Waals surface area (Å²) in [5.41, 5.74) is 6.70. The first-order valence-electron chi connectivity index (χ1n) is 9.22. The van der Waals surface area contributed by atoms with Crippen molar-refractivity contribution < 1.29 is 4.42 Å². The Morgan fingerprint density at radius 1 is 1.18 bits per heavy atom. The first kappa shape index (κ1) is 16.9. The largest absolute Gasteiger partial charge is 0.419 e. The molecular formula is C20H20N6O2. The predicted octanol–water partition coefficient (Wildman–Crippen LogP) is 1.88. The normalized spacial score (nSPS) is 14.5. The minimum atomic E-state index is -0.333. The lowest BCUT2D eigenvalue weighted by atomic mass is 10.0.